The van der Waals surface area contributed by atoms with Crippen LogP contribution < -0.4 is 10.6 Å². The van der Waals surface area contributed by atoms with E-state index in [-0.39, 0.29) is 27.5 Å². The highest BCUT2D eigenvalue weighted by Gasteiger charge is 2.67. The summed E-state index contributed by atoms with van der Waals surface area (Å²) in [5, 5.41) is 16.1. The zero-order valence-electron chi connectivity index (χ0n) is 22.0. The number of carbonyl (C=O) groups excluding carboxylic acids is 3. The molecule has 3 N–H and O–H groups in total. The number of hydrogen-bond acceptors (Lipinski definition) is 5. The van der Waals surface area contributed by atoms with E-state index in [0.29, 0.717) is 22.7 Å². The van der Waals surface area contributed by atoms with E-state index < -0.39 is 51.3 Å². The van der Waals surface area contributed by atoms with Gasteiger partial charge >= 0.3 is 12.1 Å². The smallest absolute Gasteiger partial charge is 0.432 e. The minimum absolute atomic E-state index is 0.00353. The Bertz CT molecular complexity index is 1610. The Labute approximate surface area is 268 Å². The topological polar surface area (TPSA) is 105 Å². The zero-order valence-corrected chi connectivity index (χ0v) is 25.7. The molecule has 15 heteroatoms. The van der Waals surface area contributed by atoms with Crippen LogP contribution in [0.5, 0.6) is 0 Å². The summed E-state index contributed by atoms with van der Waals surface area (Å²) in [6.45, 7) is 1.36. The quantitative estimate of drug-likeness (QED) is 0.174. The molecule has 43 heavy (non-hydrogen) atoms. The fraction of sp³-hybridized carbons (Fsp3) is 0.250. The van der Waals surface area contributed by atoms with Crippen molar-refractivity contribution in [2.45, 2.75) is 29.0 Å². The standard InChI is InChI=1S/C28H20Cl5F3N2O5/c1-12-7-14(26(42,25(41)43-2)28(34,35)36)3-6-20(12)38-23(39)18-11-17(4-5-19(18)31)37-24(40)22-21(27(22,32)33)13-8-15(29)10-16(30)9-13/h3-11,21-22,42H,1-2H3,(H,37,40)(H,38,39). The van der Waals surface area contributed by atoms with E-state index in [1.165, 1.54) is 31.2 Å². The number of methoxy groups -OCH3 is 1. The van der Waals surface area contributed by atoms with Gasteiger partial charge in [0.15, 0.2) is 0 Å². The summed E-state index contributed by atoms with van der Waals surface area (Å²) in [5.41, 5.74) is -3.92. The van der Waals surface area contributed by atoms with Gasteiger partial charge in [-0.1, -0.05) is 46.9 Å². The first-order valence-electron chi connectivity index (χ1n) is 12.2. The van der Waals surface area contributed by atoms with Crippen LogP contribution in [0.1, 0.15) is 33.0 Å². The predicted octanol–water partition coefficient (Wildman–Crippen LogP) is 7.66. The average molecular weight is 699 g/mol. The van der Waals surface area contributed by atoms with Crippen LogP contribution in [0.2, 0.25) is 15.1 Å². The summed E-state index contributed by atoms with van der Waals surface area (Å²) in [5.74, 6) is -4.72. The van der Waals surface area contributed by atoms with Gasteiger partial charge < -0.3 is 20.5 Å². The number of alkyl halides is 5. The Morgan fingerprint density at radius 2 is 1.56 bits per heavy atom. The van der Waals surface area contributed by atoms with Crippen LogP contribution in [0.15, 0.2) is 54.6 Å². The first-order valence-corrected chi connectivity index (χ1v) is 14.0. The molecule has 1 aliphatic carbocycles. The molecule has 1 fully saturated rings. The number of aliphatic hydroxyl groups is 1. The Morgan fingerprint density at radius 3 is 2.12 bits per heavy atom. The van der Waals surface area contributed by atoms with Gasteiger partial charge in [0.1, 0.15) is 4.33 Å². The van der Waals surface area contributed by atoms with Gasteiger partial charge in [-0.05, 0) is 60.5 Å². The minimum Gasteiger partial charge on any atom is -0.466 e. The number of ether oxygens (including phenoxy) is 1. The number of halogens is 8. The van der Waals surface area contributed by atoms with E-state index in [1.807, 2.05) is 0 Å². The van der Waals surface area contributed by atoms with Crippen LogP contribution in [-0.4, -0.2) is 40.5 Å². The number of anilines is 2. The lowest BCUT2D eigenvalue weighted by Gasteiger charge is -2.28. The highest BCUT2D eigenvalue weighted by Crippen LogP contribution is 2.65. The Morgan fingerprint density at radius 1 is 0.930 bits per heavy atom. The molecule has 4 rings (SSSR count). The van der Waals surface area contributed by atoms with Gasteiger partial charge in [0, 0.05) is 32.9 Å². The summed E-state index contributed by atoms with van der Waals surface area (Å²) in [7, 11) is 0.709. The minimum atomic E-state index is -5.38. The Balaban J connectivity index is 1.53. The number of esters is 1. The van der Waals surface area contributed by atoms with Crippen molar-refractivity contribution >= 4 is 87.2 Å². The molecular formula is C28H20Cl5F3N2O5. The fourth-order valence-corrected chi connectivity index (χ4v) is 6.16. The molecule has 1 aliphatic rings. The zero-order chi connectivity index (χ0) is 32.1. The normalized spacial score (nSPS) is 18.8. The maximum Gasteiger partial charge on any atom is 0.432 e. The lowest BCUT2D eigenvalue weighted by molar-refractivity contribution is -0.266. The maximum atomic E-state index is 13.6. The molecule has 0 saturated heterocycles. The van der Waals surface area contributed by atoms with Crippen LogP contribution in [0.4, 0.5) is 24.5 Å². The molecule has 3 unspecified atom stereocenters. The van der Waals surface area contributed by atoms with Gasteiger partial charge in [0.05, 0.1) is 23.6 Å². The van der Waals surface area contributed by atoms with Crippen molar-refractivity contribution < 1.29 is 37.4 Å². The van der Waals surface area contributed by atoms with Crippen LogP contribution >= 0.6 is 58.0 Å². The molecule has 3 aromatic carbocycles. The highest BCUT2D eigenvalue weighted by molar-refractivity contribution is 6.53. The molecule has 0 heterocycles. The number of nitrogens with one attached hydrogen (secondary N) is 2. The van der Waals surface area contributed by atoms with E-state index in [4.69, 9.17) is 58.0 Å². The largest absolute Gasteiger partial charge is 0.466 e. The number of hydrogen-bond donors (Lipinski definition) is 3. The van der Waals surface area contributed by atoms with Crippen molar-refractivity contribution in [2.75, 3.05) is 17.7 Å². The second-order valence-electron chi connectivity index (χ2n) is 9.70. The number of aryl methyl sites for hydroxylation is 1. The maximum absolute atomic E-state index is 13.6. The van der Waals surface area contributed by atoms with E-state index in [1.54, 1.807) is 12.1 Å². The molecule has 0 aromatic heterocycles. The van der Waals surface area contributed by atoms with E-state index >= 15 is 0 Å². The second-order valence-corrected chi connectivity index (χ2v) is 12.4. The van der Waals surface area contributed by atoms with E-state index in [0.717, 1.165) is 18.2 Å². The van der Waals surface area contributed by atoms with Gasteiger partial charge in [-0.3, -0.25) is 9.59 Å². The van der Waals surface area contributed by atoms with Crippen molar-refractivity contribution in [3.8, 4) is 0 Å². The number of carbonyl (C=O) groups is 3. The molecule has 7 nitrogen and oxygen atoms in total. The molecule has 0 aliphatic heterocycles. The predicted molar refractivity (Wildman–Crippen MR) is 158 cm³/mol. The lowest BCUT2D eigenvalue weighted by atomic mass is 9.91. The monoisotopic (exact) mass is 696 g/mol. The molecular weight excluding hydrogens is 679 g/mol. The number of benzene rings is 3. The lowest BCUT2D eigenvalue weighted by Crippen LogP contribution is -2.49. The van der Waals surface area contributed by atoms with Crippen molar-refractivity contribution in [1.29, 1.82) is 0 Å². The third kappa shape index (κ3) is 6.41. The van der Waals surface area contributed by atoms with Crippen LogP contribution in [0, 0.1) is 12.8 Å². The van der Waals surface area contributed by atoms with E-state index in [9.17, 15) is 32.7 Å². The van der Waals surface area contributed by atoms with Crippen LogP contribution in [0.25, 0.3) is 0 Å². The Hall–Kier alpha value is -2.73. The average Bonchev–Trinajstić information content (AvgIpc) is 3.50. The van der Waals surface area contributed by atoms with Gasteiger partial charge in [-0.15, -0.1) is 23.2 Å². The molecule has 3 aromatic rings. The summed E-state index contributed by atoms with van der Waals surface area (Å²) in [4.78, 5) is 38.0. The first kappa shape index (κ1) is 33.2. The SMILES string of the molecule is COC(=O)C(O)(c1ccc(NC(=O)c2cc(NC(=O)C3C(c4cc(Cl)cc(Cl)c4)C3(Cl)Cl)ccc2Cl)c(C)c1)C(F)(F)F. The number of amides is 2. The summed E-state index contributed by atoms with van der Waals surface area (Å²) < 4.78 is 43.5. The van der Waals surface area contributed by atoms with Crippen molar-refractivity contribution in [3.05, 3.63) is 91.9 Å². The fourth-order valence-electron chi connectivity index (χ4n) is 4.58. The molecule has 0 bridgehead atoms. The van der Waals surface area contributed by atoms with Gasteiger partial charge in [0.2, 0.25) is 5.91 Å². The summed E-state index contributed by atoms with van der Waals surface area (Å²) >= 11 is 31.2. The molecule has 228 valence electrons. The summed E-state index contributed by atoms with van der Waals surface area (Å²) in [6.07, 6.45) is -5.38. The van der Waals surface area contributed by atoms with E-state index in [2.05, 4.69) is 15.4 Å². The van der Waals surface area contributed by atoms with Gasteiger partial charge in [0.25, 0.3) is 11.5 Å². The van der Waals surface area contributed by atoms with Crippen molar-refractivity contribution in [3.63, 3.8) is 0 Å². The highest BCUT2D eigenvalue weighted by atomic mass is 35.5. The molecule has 0 radical (unpaired) electrons. The molecule has 2 amide bonds. The van der Waals surface area contributed by atoms with Crippen molar-refractivity contribution in [2.24, 2.45) is 5.92 Å². The molecule has 0 spiro atoms. The van der Waals surface area contributed by atoms with Crippen LogP contribution in [-0.2, 0) is 19.9 Å². The molecule has 1 saturated carbocycles. The number of rotatable bonds is 7. The third-order valence-electron chi connectivity index (χ3n) is 6.84. The van der Waals surface area contributed by atoms with Gasteiger partial charge in [-0.2, -0.15) is 13.2 Å². The van der Waals surface area contributed by atoms with Crippen molar-refractivity contribution in [1.82, 2.24) is 0 Å². The van der Waals surface area contributed by atoms with Gasteiger partial charge in [-0.25, -0.2) is 4.79 Å². The molecule has 3 atom stereocenters. The second kappa shape index (κ2) is 12.0. The Kier molecular flexibility index (Phi) is 9.25. The summed E-state index contributed by atoms with van der Waals surface area (Å²) in [6, 6.07) is 11.6. The third-order valence-corrected chi connectivity index (χ3v) is 8.55. The van der Waals surface area contributed by atoms with Crippen LogP contribution in [0.3, 0.4) is 0 Å². The first-order chi connectivity index (χ1) is 19.9.